The van der Waals surface area contributed by atoms with Crippen LogP contribution in [0, 0.1) is 0 Å². The van der Waals surface area contributed by atoms with Crippen LogP contribution in [0.5, 0.6) is 0 Å². The van der Waals surface area contributed by atoms with Crippen LogP contribution in [-0.2, 0) is 11.3 Å². The molecule has 2 nitrogen and oxygen atoms in total. The molecule has 98 valence electrons. The first-order valence-electron chi connectivity index (χ1n) is 6.17. The quantitative estimate of drug-likeness (QED) is 0.713. The standard InChI is InChI=1S/C13H22BrNOS/c1-4-11(5-2)15(7-8-16-3)10-13-12(14)6-9-17-13/h6,9,11H,4-5,7-8,10H2,1-3H3. The third-order valence-electron chi connectivity index (χ3n) is 3.08. The SMILES string of the molecule is CCC(CC)N(CCOC)Cc1sccc1Br. The van der Waals surface area contributed by atoms with Crippen molar-refractivity contribution < 1.29 is 4.74 Å². The molecule has 0 unspecified atom stereocenters. The first-order chi connectivity index (χ1) is 8.22. The first-order valence-corrected chi connectivity index (χ1v) is 7.85. The van der Waals surface area contributed by atoms with Crippen molar-refractivity contribution in [3.63, 3.8) is 0 Å². The van der Waals surface area contributed by atoms with E-state index < -0.39 is 0 Å². The van der Waals surface area contributed by atoms with Gasteiger partial charge in [0.25, 0.3) is 0 Å². The second-order valence-electron chi connectivity index (χ2n) is 4.13. The van der Waals surface area contributed by atoms with E-state index in [2.05, 4.69) is 46.1 Å². The van der Waals surface area contributed by atoms with Gasteiger partial charge in [-0.05, 0) is 40.2 Å². The lowest BCUT2D eigenvalue weighted by Crippen LogP contribution is -2.36. The first kappa shape index (κ1) is 15.2. The van der Waals surface area contributed by atoms with Crippen molar-refractivity contribution in [2.75, 3.05) is 20.3 Å². The molecule has 0 fully saturated rings. The molecular weight excluding hydrogens is 298 g/mol. The summed E-state index contributed by atoms with van der Waals surface area (Å²) in [6.07, 6.45) is 2.40. The molecule has 0 aliphatic heterocycles. The molecule has 0 bridgehead atoms. The zero-order chi connectivity index (χ0) is 12.7. The summed E-state index contributed by atoms with van der Waals surface area (Å²) >= 11 is 5.43. The molecule has 0 radical (unpaired) electrons. The third kappa shape index (κ3) is 4.70. The minimum atomic E-state index is 0.652. The molecule has 1 rings (SSSR count). The third-order valence-corrected chi connectivity index (χ3v) is 4.99. The van der Waals surface area contributed by atoms with Crippen molar-refractivity contribution in [3.05, 3.63) is 20.8 Å². The molecule has 0 atom stereocenters. The molecule has 0 saturated heterocycles. The number of nitrogens with zero attached hydrogens (tertiary/aromatic N) is 1. The number of hydrogen-bond donors (Lipinski definition) is 0. The Kier molecular flexibility index (Phi) is 7.35. The molecule has 0 saturated carbocycles. The van der Waals surface area contributed by atoms with Crippen LogP contribution in [0.2, 0.25) is 0 Å². The Morgan fingerprint density at radius 3 is 2.59 bits per heavy atom. The van der Waals surface area contributed by atoms with Crippen LogP contribution in [0.1, 0.15) is 31.6 Å². The summed E-state index contributed by atoms with van der Waals surface area (Å²) in [7, 11) is 1.77. The van der Waals surface area contributed by atoms with E-state index in [0.29, 0.717) is 6.04 Å². The van der Waals surface area contributed by atoms with Crippen molar-refractivity contribution >= 4 is 27.3 Å². The molecule has 1 aromatic rings. The van der Waals surface area contributed by atoms with E-state index in [-0.39, 0.29) is 0 Å². The Labute approximate surface area is 117 Å². The topological polar surface area (TPSA) is 12.5 Å². The number of hydrogen-bond acceptors (Lipinski definition) is 3. The highest BCUT2D eigenvalue weighted by molar-refractivity contribution is 9.10. The van der Waals surface area contributed by atoms with Gasteiger partial charge in [0.2, 0.25) is 0 Å². The van der Waals surface area contributed by atoms with E-state index in [0.717, 1.165) is 19.7 Å². The lowest BCUT2D eigenvalue weighted by atomic mass is 10.1. The molecule has 1 aromatic heterocycles. The predicted molar refractivity (Wildman–Crippen MR) is 78.7 cm³/mol. The highest BCUT2D eigenvalue weighted by Gasteiger charge is 2.16. The number of thiophene rings is 1. The smallest absolute Gasteiger partial charge is 0.0589 e. The Bertz CT molecular complexity index is 312. The molecule has 1 heterocycles. The average Bonchev–Trinajstić information content (AvgIpc) is 2.73. The molecule has 0 spiro atoms. The second-order valence-corrected chi connectivity index (χ2v) is 5.98. The fourth-order valence-corrected chi connectivity index (χ4v) is 3.53. The van der Waals surface area contributed by atoms with Crippen molar-refractivity contribution in [1.82, 2.24) is 4.90 Å². The van der Waals surface area contributed by atoms with Gasteiger partial charge in [-0.15, -0.1) is 11.3 Å². The average molecular weight is 320 g/mol. The molecule has 0 N–H and O–H groups in total. The monoisotopic (exact) mass is 319 g/mol. The van der Waals surface area contributed by atoms with Crippen LogP contribution < -0.4 is 0 Å². The zero-order valence-corrected chi connectivity index (χ0v) is 13.3. The van der Waals surface area contributed by atoms with E-state index in [1.807, 2.05) is 11.3 Å². The number of rotatable bonds is 8. The maximum atomic E-state index is 5.21. The molecule has 0 aromatic carbocycles. The van der Waals surface area contributed by atoms with Gasteiger partial charge in [-0.1, -0.05) is 13.8 Å². The van der Waals surface area contributed by atoms with E-state index in [1.54, 1.807) is 7.11 Å². The summed E-state index contributed by atoms with van der Waals surface area (Å²) < 4.78 is 6.44. The van der Waals surface area contributed by atoms with Crippen LogP contribution in [0.25, 0.3) is 0 Å². The van der Waals surface area contributed by atoms with Gasteiger partial charge in [0.05, 0.1) is 6.61 Å². The van der Waals surface area contributed by atoms with Gasteiger partial charge in [0.1, 0.15) is 0 Å². The Morgan fingerprint density at radius 1 is 1.41 bits per heavy atom. The van der Waals surface area contributed by atoms with Crippen molar-refractivity contribution in [2.24, 2.45) is 0 Å². The summed E-state index contributed by atoms with van der Waals surface area (Å²) in [6, 6.07) is 2.78. The van der Waals surface area contributed by atoms with Gasteiger partial charge in [-0.25, -0.2) is 0 Å². The summed E-state index contributed by atoms with van der Waals surface area (Å²) in [5, 5.41) is 2.14. The normalized spacial score (nSPS) is 11.6. The van der Waals surface area contributed by atoms with Crippen molar-refractivity contribution in [2.45, 2.75) is 39.3 Å². The van der Waals surface area contributed by atoms with Crippen LogP contribution >= 0.6 is 27.3 Å². The van der Waals surface area contributed by atoms with Crippen LogP contribution in [-0.4, -0.2) is 31.2 Å². The van der Waals surface area contributed by atoms with Gasteiger partial charge in [-0.2, -0.15) is 0 Å². The lowest BCUT2D eigenvalue weighted by molar-refractivity contribution is 0.110. The fraction of sp³-hybridized carbons (Fsp3) is 0.692. The van der Waals surface area contributed by atoms with Crippen LogP contribution in [0.15, 0.2) is 15.9 Å². The van der Waals surface area contributed by atoms with E-state index in [1.165, 1.54) is 22.2 Å². The lowest BCUT2D eigenvalue weighted by Gasteiger charge is -2.29. The highest BCUT2D eigenvalue weighted by atomic mass is 79.9. The van der Waals surface area contributed by atoms with Crippen molar-refractivity contribution in [1.29, 1.82) is 0 Å². The van der Waals surface area contributed by atoms with E-state index >= 15 is 0 Å². The van der Waals surface area contributed by atoms with Gasteiger partial charge in [0.15, 0.2) is 0 Å². The fourth-order valence-electron chi connectivity index (χ4n) is 2.03. The van der Waals surface area contributed by atoms with Gasteiger partial charge >= 0.3 is 0 Å². The second kappa shape index (κ2) is 8.25. The van der Waals surface area contributed by atoms with Crippen LogP contribution in [0.4, 0.5) is 0 Å². The zero-order valence-electron chi connectivity index (χ0n) is 10.9. The number of methoxy groups -OCH3 is 1. The number of ether oxygens (including phenoxy) is 1. The van der Waals surface area contributed by atoms with E-state index in [9.17, 15) is 0 Å². The predicted octanol–water partition coefficient (Wildman–Crippen LogP) is 4.15. The molecule has 0 aliphatic rings. The van der Waals surface area contributed by atoms with Crippen LogP contribution in [0.3, 0.4) is 0 Å². The summed E-state index contributed by atoms with van der Waals surface area (Å²) in [5.41, 5.74) is 0. The largest absolute Gasteiger partial charge is 0.383 e. The Hall–Kier alpha value is 0.100. The Morgan fingerprint density at radius 2 is 2.12 bits per heavy atom. The Balaban J connectivity index is 2.65. The molecule has 4 heteroatoms. The summed E-state index contributed by atoms with van der Waals surface area (Å²) in [5.74, 6) is 0. The minimum absolute atomic E-state index is 0.652. The highest BCUT2D eigenvalue weighted by Crippen LogP contribution is 2.25. The maximum Gasteiger partial charge on any atom is 0.0589 e. The maximum absolute atomic E-state index is 5.21. The van der Waals surface area contributed by atoms with Gasteiger partial charge in [0, 0.05) is 35.6 Å². The van der Waals surface area contributed by atoms with Crippen molar-refractivity contribution in [3.8, 4) is 0 Å². The number of halogens is 1. The summed E-state index contributed by atoms with van der Waals surface area (Å²) in [6.45, 7) is 7.36. The summed E-state index contributed by atoms with van der Waals surface area (Å²) in [4.78, 5) is 3.94. The van der Waals surface area contributed by atoms with Gasteiger partial charge in [-0.3, -0.25) is 4.90 Å². The molecule has 0 amide bonds. The van der Waals surface area contributed by atoms with E-state index in [4.69, 9.17) is 4.74 Å². The van der Waals surface area contributed by atoms with Gasteiger partial charge < -0.3 is 4.74 Å². The molecule has 0 aliphatic carbocycles. The minimum Gasteiger partial charge on any atom is -0.383 e. The molecule has 17 heavy (non-hydrogen) atoms. The molecular formula is C13H22BrNOS.